The van der Waals surface area contributed by atoms with E-state index in [2.05, 4.69) is 17.4 Å². The van der Waals surface area contributed by atoms with E-state index in [9.17, 15) is 14.0 Å². The van der Waals surface area contributed by atoms with Crippen LogP contribution in [-0.2, 0) is 24.1 Å². The Bertz CT molecular complexity index is 802. The first-order chi connectivity index (χ1) is 11.5. The molecular weight excluding hydrogens is 307 g/mol. The molecule has 2 aromatic carbocycles. The maximum absolute atomic E-state index is 13.5. The zero-order chi connectivity index (χ0) is 17.1. The van der Waals surface area contributed by atoms with Crippen molar-refractivity contribution >= 4 is 17.5 Å². The quantitative estimate of drug-likeness (QED) is 0.906. The Morgan fingerprint density at radius 3 is 2.54 bits per heavy atom. The summed E-state index contributed by atoms with van der Waals surface area (Å²) in [6, 6.07) is 9.95. The maximum atomic E-state index is 13.5. The van der Waals surface area contributed by atoms with Crippen molar-refractivity contribution in [2.45, 2.75) is 32.1 Å². The lowest BCUT2D eigenvalue weighted by atomic mass is 9.90. The molecule has 0 atom stereocenters. The number of aryl methyl sites for hydroxylation is 2. The van der Waals surface area contributed by atoms with Gasteiger partial charge in [-0.05, 0) is 60.6 Å². The Morgan fingerprint density at radius 2 is 1.79 bits per heavy atom. The lowest BCUT2D eigenvalue weighted by Crippen LogP contribution is -2.17. The normalized spacial score (nSPS) is 13.2. The van der Waals surface area contributed by atoms with Gasteiger partial charge in [0, 0.05) is 5.69 Å². The highest BCUT2D eigenvalue weighted by Gasteiger charge is 2.13. The zero-order valence-electron chi connectivity index (χ0n) is 13.3. The smallest absolute Gasteiger partial charge is 0.251 e. The Labute approximate surface area is 139 Å². The standard InChI is InChI=1S/C19H19FN2O2/c20-17-8-7-15(11-16(17)19(21)24)22-18(23)10-12-5-6-13-3-1-2-4-14(13)9-12/h5-9,11H,1-4,10H2,(H2,21,24)(H,22,23). The van der Waals surface area contributed by atoms with E-state index >= 15 is 0 Å². The average Bonchev–Trinajstić information content (AvgIpc) is 2.56. The molecule has 4 nitrogen and oxygen atoms in total. The fraction of sp³-hybridized carbons (Fsp3) is 0.263. The second kappa shape index (κ2) is 6.83. The van der Waals surface area contributed by atoms with Gasteiger partial charge >= 0.3 is 0 Å². The Balaban J connectivity index is 1.70. The molecule has 3 N–H and O–H groups in total. The molecule has 1 aliphatic rings. The van der Waals surface area contributed by atoms with E-state index in [-0.39, 0.29) is 17.9 Å². The summed E-state index contributed by atoms with van der Waals surface area (Å²) in [5, 5.41) is 2.68. The number of rotatable bonds is 4. The summed E-state index contributed by atoms with van der Waals surface area (Å²) >= 11 is 0. The molecule has 0 saturated heterocycles. The molecule has 0 aromatic heterocycles. The number of amides is 2. The van der Waals surface area contributed by atoms with Gasteiger partial charge in [0.05, 0.1) is 12.0 Å². The number of benzene rings is 2. The van der Waals surface area contributed by atoms with Crippen molar-refractivity contribution in [2.75, 3.05) is 5.32 Å². The molecule has 0 radical (unpaired) electrons. The van der Waals surface area contributed by atoms with Crippen LogP contribution in [0.4, 0.5) is 10.1 Å². The Morgan fingerprint density at radius 1 is 1.04 bits per heavy atom. The van der Waals surface area contributed by atoms with Gasteiger partial charge in [-0.25, -0.2) is 4.39 Å². The highest BCUT2D eigenvalue weighted by Crippen LogP contribution is 2.22. The van der Waals surface area contributed by atoms with Gasteiger partial charge in [0.2, 0.25) is 5.91 Å². The van der Waals surface area contributed by atoms with Gasteiger partial charge in [-0.3, -0.25) is 9.59 Å². The van der Waals surface area contributed by atoms with Gasteiger partial charge in [-0.15, -0.1) is 0 Å². The fourth-order valence-corrected chi connectivity index (χ4v) is 3.08. The summed E-state index contributed by atoms with van der Waals surface area (Å²) in [5.74, 6) is -1.78. The van der Waals surface area contributed by atoms with Crippen LogP contribution < -0.4 is 11.1 Å². The minimum atomic E-state index is -0.863. The van der Waals surface area contributed by atoms with E-state index in [1.165, 1.54) is 36.1 Å². The van der Waals surface area contributed by atoms with Crippen LogP contribution >= 0.6 is 0 Å². The number of fused-ring (bicyclic) bond motifs is 1. The molecule has 0 unspecified atom stereocenters. The molecule has 124 valence electrons. The maximum Gasteiger partial charge on any atom is 0.251 e. The number of carbonyl (C=O) groups excluding carboxylic acids is 2. The van der Waals surface area contributed by atoms with Crippen molar-refractivity contribution < 1.29 is 14.0 Å². The van der Waals surface area contributed by atoms with Crippen LogP contribution in [0.2, 0.25) is 0 Å². The molecular formula is C19H19FN2O2. The summed E-state index contributed by atoms with van der Waals surface area (Å²) in [5.41, 5.74) is 8.87. The van der Waals surface area contributed by atoms with Gasteiger partial charge in [-0.1, -0.05) is 18.2 Å². The summed E-state index contributed by atoms with van der Waals surface area (Å²) in [7, 11) is 0. The van der Waals surface area contributed by atoms with Crippen molar-refractivity contribution in [1.82, 2.24) is 0 Å². The summed E-state index contributed by atoms with van der Waals surface area (Å²) in [6.45, 7) is 0. The number of hydrogen-bond donors (Lipinski definition) is 2. The predicted molar refractivity (Wildman–Crippen MR) is 90.3 cm³/mol. The molecule has 0 aliphatic heterocycles. The van der Waals surface area contributed by atoms with E-state index in [4.69, 9.17) is 5.73 Å². The minimum absolute atomic E-state index is 0.215. The summed E-state index contributed by atoms with van der Waals surface area (Å²) in [4.78, 5) is 23.4. The van der Waals surface area contributed by atoms with Gasteiger partial charge in [0.15, 0.2) is 0 Å². The number of anilines is 1. The van der Waals surface area contributed by atoms with Gasteiger partial charge in [-0.2, -0.15) is 0 Å². The minimum Gasteiger partial charge on any atom is -0.366 e. The second-order valence-electron chi connectivity index (χ2n) is 6.09. The predicted octanol–water partition coefficient (Wildman–Crippen LogP) is 2.98. The van der Waals surface area contributed by atoms with Gasteiger partial charge < -0.3 is 11.1 Å². The SMILES string of the molecule is NC(=O)c1cc(NC(=O)Cc2ccc3c(c2)CCCC3)ccc1F. The molecule has 2 aromatic rings. The van der Waals surface area contributed by atoms with E-state index in [0.717, 1.165) is 24.5 Å². The molecule has 2 amide bonds. The first-order valence-corrected chi connectivity index (χ1v) is 8.03. The Hall–Kier alpha value is -2.69. The average molecular weight is 326 g/mol. The van der Waals surface area contributed by atoms with Crippen LogP contribution in [0.3, 0.4) is 0 Å². The van der Waals surface area contributed by atoms with Gasteiger partial charge in [0.25, 0.3) is 5.91 Å². The van der Waals surface area contributed by atoms with Crippen molar-refractivity contribution in [3.8, 4) is 0 Å². The monoisotopic (exact) mass is 326 g/mol. The van der Waals surface area contributed by atoms with Crippen LogP contribution in [-0.4, -0.2) is 11.8 Å². The molecule has 0 saturated carbocycles. The molecule has 0 fully saturated rings. The van der Waals surface area contributed by atoms with Gasteiger partial charge in [0.1, 0.15) is 5.82 Å². The third kappa shape index (κ3) is 3.62. The third-order valence-corrected chi connectivity index (χ3v) is 4.29. The number of nitrogens with one attached hydrogen (secondary N) is 1. The molecule has 0 bridgehead atoms. The van der Waals surface area contributed by atoms with Crippen molar-refractivity contribution in [3.63, 3.8) is 0 Å². The first-order valence-electron chi connectivity index (χ1n) is 8.03. The molecule has 3 rings (SSSR count). The van der Waals surface area contributed by atoms with Crippen molar-refractivity contribution in [2.24, 2.45) is 5.73 Å². The lowest BCUT2D eigenvalue weighted by molar-refractivity contribution is -0.115. The molecule has 1 aliphatic carbocycles. The second-order valence-corrected chi connectivity index (χ2v) is 6.09. The highest BCUT2D eigenvalue weighted by molar-refractivity contribution is 5.97. The molecule has 5 heteroatoms. The zero-order valence-corrected chi connectivity index (χ0v) is 13.3. The number of hydrogen-bond acceptors (Lipinski definition) is 2. The van der Waals surface area contributed by atoms with E-state index in [1.54, 1.807) is 0 Å². The lowest BCUT2D eigenvalue weighted by Gasteiger charge is -2.16. The van der Waals surface area contributed by atoms with Crippen molar-refractivity contribution in [1.29, 1.82) is 0 Å². The van der Waals surface area contributed by atoms with E-state index in [0.29, 0.717) is 5.69 Å². The first kappa shape index (κ1) is 16.2. The fourth-order valence-electron chi connectivity index (χ4n) is 3.08. The summed E-state index contributed by atoms with van der Waals surface area (Å²) in [6.07, 6.45) is 4.81. The number of carbonyl (C=O) groups is 2. The number of primary amides is 1. The van der Waals surface area contributed by atoms with Crippen LogP contribution in [0.25, 0.3) is 0 Å². The van der Waals surface area contributed by atoms with Crippen LogP contribution in [0.15, 0.2) is 36.4 Å². The highest BCUT2D eigenvalue weighted by atomic mass is 19.1. The van der Waals surface area contributed by atoms with Crippen LogP contribution in [0, 0.1) is 5.82 Å². The van der Waals surface area contributed by atoms with E-state index in [1.807, 2.05) is 6.07 Å². The topological polar surface area (TPSA) is 72.2 Å². The van der Waals surface area contributed by atoms with Crippen molar-refractivity contribution in [3.05, 3.63) is 64.5 Å². The largest absolute Gasteiger partial charge is 0.366 e. The van der Waals surface area contributed by atoms with Crippen LogP contribution in [0.5, 0.6) is 0 Å². The third-order valence-electron chi connectivity index (χ3n) is 4.29. The number of halogens is 1. The molecule has 0 heterocycles. The molecule has 0 spiro atoms. The molecule has 24 heavy (non-hydrogen) atoms. The summed E-state index contributed by atoms with van der Waals surface area (Å²) < 4.78 is 13.5. The van der Waals surface area contributed by atoms with E-state index < -0.39 is 11.7 Å². The Kier molecular flexibility index (Phi) is 4.60. The van der Waals surface area contributed by atoms with Crippen LogP contribution in [0.1, 0.15) is 39.9 Å². The number of nitrogens with two attached hydrogens (primary N) is 1.